The Balaban J connectivity index is 2.66. The van der Waals surface area contributed by atoms with Crippen molar-refractivity contribution in [2.24, 2.45) is 11.7 Å². The number of amides is 2. The van der Waals surface area contributed by atoms with Gasteiger partial charge >= 0.3 is 0 Å². The number of hydrogen-bond donors (Lipinski definition) is 1. The summed E-state index contributed by atoms with van der Waals surface area (Å²) in [4.78, 5) is 24.4. The number of nitrogens with two attached hydrogens (primary N) is 1. The molecule has 0 aromatic rings. The molecule has 4 nitrogen and oxygen atoms in total. The molecule has 1 saturated heterocycles. The molecule has 0 unspecified atom stereocenters. The molecule has 0 aromatic heterocycles. The van der Waals surface area contributed by atoms with Gasteiger partial charge in [0.15, 0.2) is 0 Å². The van der Waals surface area contributed by atoms with Gasteiger partial charge in [0.25, 0.3) is 0 Å². The lowest BCUT2D eigenvalue weighted by atomic mass is 10.1. The van der Waals surface area contributed by atoms with E-state index < -0.39 is 11.9 Å². The van der Waals surface area contributed by atoms with Crippen LogP contribution in [0.1, 0.15) is 26.2 Å². The Morgan fingerprint density at radius 3 is 2.93 bits per heavy atom. The Labute approximate surface area is 90.1 Å². The van der Waals surface area contributed by atoms with Crippen LogP contribution in [0.2, 0.25) is 0 Å². The van der Waals surface area contributed by atoms with Gasteiger partial charge in [-0.1, -0.05) is 13.0 Å². The van der Waals surface area contributed by atoms with E-state index in [9.17, 15) is 9.59 Å². The Morgan fingerprint density at radius 1 is 1.80 bits per heavy atom. The van der Waals surface area contributed by atoms with Gasteiger partial charge < -0.3 is 10.6 Å². The van der Waals surface area contributed by atoms with Crippen molar-refractivity contribution in [3.05, 3.63) is 12.7 Å². The topological polar surface area (TPSA) is 63.4 Å². The summed E-state index contributed by atoms with van der Waals surface area (Å²) in [5.74, 6) is -0.0824. The van der Waals surface area contributed by atoms with Crippen molar-refractivity contribution in [3.8, 4) is 0 Å². The van der Waals surface area contributed by atoms with Crippen LogP contribution in [0.5, 0.6) is 0 Å². The minimum Gasteiger partial charge on any atom is -0.368 e. The predicted molar refractivity (Wildman–Crippen MR) is 57.9 cm³/mol. The molecule has 2 N–H and O–H groups in total. The van der Waals surface area contributed by atoms with Gasteiger partial charge in [-0.3, -0.25) is 9.59 Å². The highest BCUT2D eigenvalue weighted by Gasteiger charge is 2.35. The molecule has 2 amide bonds. The lowest BCUT2D eigenvalue weighted by molar-refractivity contribution is -0.136. The van der Waals surface area contributed by atoms with Gasteiger partial charge in [-0.25, -0.2) is 0 Å². The van der Waals surface area contributed by atoms with Crippen molar-refractivity contribution < 1.29 is 9.59 Å². The number of likely N-dealkylation sites (tertiary alicyclic amines) is 1. The summed E-state index contributed by atoms with van der Waals surface area (Å²) >= 11 is 0. The third-order valence-corrected chi connectivity index (χ3v) is 2.83. The van der Waals surface area contributed by atoms with E-state index in [4.69, 9.17) is 5.73 Å². The Morgan fingerprint density at radius 2 is 2.47 bits per heavy atom. The first-order chi connectivity index (χ1) is 7.10. The molecule has 0 saturated carbocycles. The predicted octanol–water partition coefficient (Wildman–Crippen LogP) is 0.675. The first kappa shape index (κ1) is 11.8. The number of allylic oxidation sites excluding steroid dienone is 1. The third kappa shape index (κ3) is 2.58. The molecule has 1 heterocycles. The van der Waals surface area contributed by atoms with Gasteiger partial charge in [-0.05, 0) is 18.8 Å². The maximum Gasteiger partial charge on any atom is 0.240 e. The summed E-state index contributed by atoms with van der Waals surface area (Å²) in [5, 5.41) is 0. The SMILES string of the molecule is C=CC[C@H]1CC(=O)N([C@@H](CC)C(N)=O)C1. The molecule has 1 fully saturated rings. The Bertz CT molecular complexity index is 276. The normalized spacial score (nSPS) is 22.9. The van der Waals surface area contributed by atoms with E-state index in [-0.39, 0.29) is 5.91 Å². The third-order valence-electron chi connectivity index (χ3n) is 2.83. The number of nitrogens with zero attached hydrogens (tertiary/aromatic N) is 1. The van der Waals surface area contributed by atoms with Crippen LogP contribution in [0.15, 0.2) is 12.7 Å². The van der Waals surface area contributed by atoms with E-state index in [1.54, 1.807) is 4.90 Å². The first-order valence-electron chi connectivity index (χ1n) is 5.29. The van der Waals surface area contributed by atoms with Crippen LogP contribution >= 0.6 is 0 Å². The summed E-state index contributed by atoms with van der Waals surface area (Å²) in [6.07, 6.45) is 3.72. The maximum absolute atomic E-state index is 11.6. The van der Waals surface area contributed by atoms with E-state index in [1.807, 2.05) is 13.0 Å². The molecular weight excluding hydrogens is 192 g/mol. The Kier molecular flexibility index (Phi) is 3.88. The van der Waals surface area contributed by atoms with E-state index in [1.165, 1.54) is 0 Å². The largest absolute Gasteiger partial charge is 0.368 e. The van der Waals surface area contributed by atoms with Gasteiger partial charge in [0.1, 0.15) is 6.04 Å². The van der Waals surface area contributed by atoms with Crippen LogP contribution in [-0.2, 0) is 9.59 Å². The summed E-state index contributed by atoms with van der Waals surface area (Å²) in [6, 6.07) is -0.438. The molecule has 2 atom stereocenters. The van der Waals surface area contributed by atoms with E-state index in [0.717, 1.165) is 6.42 Å². The molecule has 1 aliphatic rings. The van der Waals surface area contributed by atoms with Crippen molar-refractivity contribution >= 4 is 11.8 Å². The zero-order valence-corrected chi connectivity index (χ0v) is 9.11. The lowest BCUT2D eigenvalue weighted by Gasteiger charge is -2.24. The zero-order chi connectivity index (χ0) is 11.4. The maximum atomic E-state index is 11.6. The monoisotopic (exact) mass is 210 g/mol. The average Bonchev–Trinajstić information content (AvgIpc) is 2.49. The molecular formula is C11H18N2O2. The molecule has 0 spiro atoms. The highest BCUT2D eigenvalue weighted by atomic mass is 16.2. The minimum atomic E-state index is -0.438. The van der Waals surface area contributed by atoms with Crippen molar-refractivity contribution in [1.82, 2.24) is 4.90 Å². The van der Waals surface area contributed by atoms with Crippen molar-refractivity contribution in [1.29, 1.82) is 0 Å². The highest BCUT2D eigenvalue weighted by Crippen LogP contribution is 2.23. The second-order valence-electron chi connectivity index (χ2n) is 3.97. The average molecular weight is 210 g/mol. The second kappa shape index (κ2) is 4.96. The van der Waals surface area contributed by atoms with E-state index >= 15 is 0 Å². The molecule has 0 radical (unpaired) electrons. The van der Waals surface area contributed by atoms with E-state index in [2.05, 4.69) is 6.58 Å². The van der Waals surface area contributed by atoms with Crippen LogP contribution in [0.25, 0.3) is 0 Å². The second-order valence-corrected chi connectivity index (χ2v) is 3.97. The van der Waals surface area contributed by atoms with Gasteiger partial charge in [0.05, 0.1) is 0 Å². The van der Waals surface area contributed by atoms with Crippen LogP contribution in [0.4, 0.5) is 0 Å². The smallest absolute Gasteiger partial charge is 0.240 e. The first-order valence-corrected chi connectivity index (χ1v) is 5.29. The standard InChI is InChI=1S/C11H18N2O2/c1-3-5-8-6-10(14)13(7-8)9(4-2)11(12)15/h3,8-9H,1,4-7H2,2H3,(H2,12,15)/t8-,9-/m0/s1. The number of carbonyl (C=O) groups is 2. The molecule has 1 rings (SSSR count). The molecule has 0 aromatic carbocycles. The lowest BCUT2D eigenvalue weighted by Crippen LogP contribution is -2.45. The quantitative estimate of drug-likeness (QED) is 0.678. The minimum absolute atomic E-state index is 0.0347. The van der Waals surface area contributed by atoms with Crippen LogP contribution in [0, 0.1) is 5.92 Å². The molecule has 1 aliphatic heterocycles. The Hall–Kier alpha value is -1.32. The number of rotatable bonds is 5. The van der Waals surface area contributed by atoms with Gasteiger partial charge in [-0.15, -0.1) is 6.58 Å². The molecule has 0 aliphatic carbocycles. The van der Waals surface area contributed by atoms with Crippen molar-refractivity contribution in [3.63, 3.8) is 0 Å². The van der Waals surface area contributed by atoms with Gasteiger partial charge in [0.2, 0.25) is 11.8 Å². The molecule has 84 valence electrons. The fourth-order valence-corrected chi connectivity index (χ4v) is 2.08. The molecule has 15 heavy (non-hydrogen) atoms. The van der Waals surface area contributed by atoms with Crippen LogP contribution in [0.3, 0.4) is 0 Å². The van der Waals surface area contributed by atoms with Gasteiger partial charge in [-0.2, -0.15) is 0 Å². The number of hydrogen-bond acceptors (Lipinski definition) is 2. The molecule has 4 heteroatoms. The van der Waals surface area contributed by atoms with Crippen LogP contribution < -0.4 is 5.73 Å². The summed E-state index contributed by atoms with van der Waals surface area (Å²) in [7, 11) is 0. The number of primary amides is 1. The zero-order valence-electron chi connectivity index (χ0n) is 9.11. The van der Waals surface area contributed by atoms with Crippen molar-refractivity contribution in [2.75, 3.05) is 6.54 Å². The summed E-state index contributed by atoms with van der Waals surface area (Å²) < 4.78 is 0. The van der Waals surface area contributed by atoms with Gasteiger partial charge in [0, 0.05) is 13.0 Å². The van der Waals surface area contributed by atoms with E-state index in [0.29, 0.717) is 25.3 Å². The fraction of sp³-hybridized carbons (Fsp3) is 0.636. The molecule has 0 bridgehead atoms. The summed E-state index contributed by atoms with van der Waals surface area (Å²) in [5.41, 5.74) is 5.26. The fourth-order valence-electron chi connectivity index (χ4n) is 2.08. The number of carbonyl (C=O) groups excluding carboxylic acids is 2. The highest BCUT2D eigenvalue weighted by molar-refractivity contribution is 5.87. The summed E-state index contributed by atoms with van der Waals surface area (Å²) in [6.45, 7) is 6.15. The van der Waals surface area contributed by atoms with Crippen molar-refractivity contribution in [2.45, 2.75) is 32.2 Å². The van der Waals surface area contributed by atoms with Crippen LogP contribution in [-0.4, -0.2) is 29.3 Å².